The average molecular weight is 363 g/mol. The van der Waals surface area contributed by atoms with E-state index in [-0.39, 0.29) is 22.8 Å². The van der Waals surface area contributed by atoms with E-state index < -0.39 is 0 Å². The summed E-state index contributed by atoms with van der Waals surface area (Å²) in [5, 5.41) is 1.95. The second-order valence-corrected chi connectivity index (χ2v) is 5.24. The molecule has 0 bridgehead atoms. The van der Waals surface area contributed by atoms with Crippen molar-refractivity contribution in [3.05, 3.63) is 51.4 Å². The highest BCUT2D eigenvalue weighted by Gasteiger charge is 2.15. The van der Waals surface area contributed by atoms with Crippen molar-refractivity contribution in [1.82, 2.24) is 0 Å². The van der Waals surface area contributed by atoms with Crippen LogP contribution in [0.3, 0.4) is 0 Å². The van der Waals surface area contributed by atoms with Crippen LogP contribution in [0.1, 0.15) is 10.4 Å². The van der Waals surface area contributed by atoms with Crippen LogP contribution in [-0.4, -0.2) is 5.78 Å². The van der Waals surface area contributed by atoms with Gasteiger partial charge in [0.2, 0.25) is 12.3 Å². The lowest BCUT2D eigenvalue weighted by Gasteiger charge is -1.95. The number of benzene rings is 1. The van der Waals surface area contributed by atoms with Gasteiger partial charge in [-0.05, 0) is 0 Å². The lowest BCUT2D eigenvalue weighted by atomic mass is 10.1. The molecule has 2 nitrogen and oxygen atoms in total. The molecular weight excluding hydrogens is 354 g/mol. The molecule has 0 spiro atoms. The number of nitrogens with zero attached hydrogens (tertiary/aromatic N) is 1. The van der Waals surface area contributed by atoms with Crippen LogP contribution in [0.5, 0.6) is 0 Å². The van der Waals surface area contributed by atoms with Crippen molar-refractivity contribution in [2.24, 2.45) is 0 Å². The lowest BCUT2D eigenvalue weighted by molar-refractivity contribution is -0.688. The maximum atomic E-state index is 11.8. The smallest absolute Gasteiger partial charge is 0.305 e. The number of rotatable bonds is 3. The number of halogens is 2. The highest BCUT2D eigenvalue weighted by molar-refractivity contribution is 9.11. The van der Waals surface area contributed by atoms with E-state index in [4.69, 9.17) is 0 Å². The first kappa shape index (κ1) is 13.5. The molecule has 84 valence electrons. The maximum absolute atomic E-state index is 11.8. The molecule has 0 N–H and O–H groups in total. The number of Topliss-reactive ketones (excluding diaryl/α,β-unsaturated/α-hetero) is 1. The van der Waals surface area contributed by atoms with Crippen LogP contribution in [-0.2, 0) is 6.54 Å². The van der Waals surface area contributed by atoms with E-state index in [2.05, 4.69) is 15.9 Å². The Labute approximate surface area is 117 Å². The number of carbonyl (C=O) groups is 1. The zero-order chi connectivity index (χ0) is 10.7. The second-order valence-electron chi connectivity index (χ2n) is 3.07. The monoisotopic (exact) mass is 361 g/mol. The molecule has 16 heavy (non-hydrogen) atoms. The number of hydrogen-bond donors (Lipinski definition) is 0. The molecule has 1 aromatic carbocycles. The van der Waals surface area contributed by atoms with Crippen molar-refractivity contribution < 1.29 is 26.3 Å². The van der Waals surface area contributed by atoms with Gasteiger partial charge in [-0.2, -0.15) is 4.57 Å². The normalized spacial score (nSPS) is 9.56. The Kier molecular flexibility index (Phi) is 5.31. The molecule has 0 aliphatic carbocycles. The van der Waals surface area contributed by atoms with Crippen LogP contribution >= 0.6 is 27.3 Å². The van der Waals surface area contributed by atoms with Gasteiger partial charge in [-0.3, -0.25) is 4.79 Å². The van der Waals surface area contributed by atoms with Crippen LogP contribution in [0.25, 0.3) is 0 Å². The van der Waals surface area contributed by atoms with Gasteiger partial charge in [0.15, 0.2) is 6.20 Å². The molecule has 1 aromatic heterocycles. The van der Waals surface area contributed by atoms with Crippen molar-refractivity contribution in [1.29, 1.82) is 0 Å². The third-order valence-electron chi connectivity index (χ3n) is 2.04. The van der Waals surface area contributed by atoms with Crippen molar-refractivity contribution in [3.63, 3.8) is 0 Å². The van der Waals surface area contributed by atoms with Crippen molar-refractivity contribution in [2.75, 3.05) is 0 Å². The first-order valence-electron chi connectivity index (χ1n) is 4.48. The molecular formula is C11H9Br2NOS. The number of carbonyl (C=O) groups excluding carboxylic acids is 1. The van der Waals surface area contributed by atoms with Crippen LogP contribution in [0.15, 0.2) is 45.8 Å². The van der Waals surface area contributed by atoms with E-state index >= 15 is 0 Å². The van der Waals surface area contributed by atoms with Gasteiger partial charge < -0.3 is 17.0 Å². The van der Waals surface area contributed by atoms with E-state index in [1.54, 1.807) is 11.3 Å². The van der Waals surface area contributed by atoms with Gasteiger partial charge in [0.1, 0.15) is 0 Å². The third kappa shape index (κ3) is 3.23. The summed E-state index contributed by atoms with van der Waals surface area (Å²) in [6.07, 6.45) is 1.90. The molecule has 5 heteroatoms. The highest BCUT2D eigenvalue weighted by atomic mass is 79.9. The SMILES string of the molecule is O=C(C[n+]1ccsc1Br)c1ccccc1.[Br-]. The molecule has 0 aliphatic heterocycles. The van der Waals surface area contributed by atoms with Gasteiger partial charge in [-0.1, -0.05) is 41.7 Å². The average Bonchev–Trinajstić information content (AvgIpc) is 2.66. The Bertz CT molecular complexity index is 470. The summed E-state index contributed by atoms with van der Waals surface area (Å²) in [5.74, 6) is 0.125. The number of aromatic nitrogens is 1. The van der Waals surface area contributed by atoms with E-state index in [0.29, 0.717) is 6.54 Å². The molecule has 0 unspecified atom stereocenters. The van der Waals surface area contributed by atoms with Crippen molar-refractivity contribution in [2.45, 2.75) is 6.54 Å². The topological polar surface area (TPSA) is 20.9 Å². The molecule has 0 atom stereocenters. The maximum Gasteiger partial charge on any atom is 0.305 e. The molecule has 2 rings (SSSR count). The summed E-state index contributed by atoms with van der Waals surface area (Å²) in [7, 11) is 0. The molecule has 0 saturated heterocycles. The summed E-state index contributed by atoms with van der Waals surface area (Å²) >= 11 is 4.97. The summed E-state index contributed by atoms with van der Waals surface area (Å²) in [6, 6.07) is 9.33. The summed E-state index contributed by atoms with van der Waals surface area (Å²) in [6.45, 7) is 0.383. The predicted octanol–water partition coefficient (Wildman–Crippen LogP) is -0.315. The van der Waals surface area contributed by atoms with Gasteiger partial charge in [0.25, 0.3) is 0 Å². The fourth-order valence-electron chi connectivity index (χ4n) is 1.27. The Hall–Kier alpha value is -0.520. The standard InChI is InChI=1S/C11H9BrNOS.BrH/c12-11-13(6-7-15-11)8-10(14)9-4-2-1-3-5-9;/h1-7H,8H2;1H/q+1;/p-1. The van der Waals surface area contributed by atoms with Gasteiger partial charge in [0, 0.05) is 21.5 Å². The quantitative estimate of drug-likeness (QED) is 0.541. The zero-order valence-corrected chi connectivity index (χ0v) is 12.3. The fourth-order valence-corrected chi connectivity index (χ4v) is 2.42. The summed E-state index contributed by atoms with van der Waals surface area (Å²) in [4.78, 5) is 11.8. The fraction of sp³-hybridized carbons (Fsp3) is 0.0909. The number of ketones is 1. The Balaban J connectivity index is 0.00000128. The van der Waals surface area contributed by atoms with Crippen LogP contribution in [0, 0.1) is 0 Å². The van der Waals surface area contributed by atoms with Crippen molar-refractivity contribution >= 4 is 33.0 Å². The zero-order valence-electron chi connectivity index (χ0n) is 8.27. The van der Waals surface area contributed by atoms with Gasteiger partial charge >= 0.3 is 3.92 Å². The Morgan fingerprint density at radius 2 is 2.00 bits per heavy atom. The minimum Gasteiger partial charge on any atom is -1.00 e. The first-order valence-corrected chi connectivity index (χ1v) is 6.15. The predicted molar refractivity (Wildman–Crippen MR) is 63.0 cm³/mol. The van der Waals surface area contributed by atoms with Crippen LogP contribution in [0.2, 0.25) is 0 Å². The Morgan fingerprint density at radius 3 is 2.56 bits per heavy atom. The minimum atomic E-state index is 0. The Morgan fingerprint density at radius 1 is 1.31 bits per heavy atom. The molecule has 1 heterocycles. The lowest BCUT2D eigenvalue weighted by Crippen LogP contribution is -3.00. The van der Waals surface area contributed by atoms with E-state index in [9.17, 15) is 4.79 Å². The van der Waals surface area contributed by atoms with Gasteiger partial charge in [-0.25, -0.2) is 0 Å². The van der Waals surface area contributed by atoms with E-state index in [1.807, 2.05) is 46.5 Å². The number of hydrogen-bond acceptors (Lipinski definition) is 2. The van der Waals surface area contributed by atoms with E-state index in [1.165, 1.54) is 0 Å². The highest BCUT2D eigenvalue weighted by Crippen LogP contribution is 2.10. The molecule has 0 saturated carbocycles. The van der Waals surface area contributed by atoms with Crippen LogP contribution < -0.4 is 21.5 Å². The minimum absolute atomic E-state index is 0. The van der Waals surface area contributed by atoms with Gasteiger partial charge in [0.05, 0.1) is 5.38 Å². The largest absolute Gasteiger partial charge is 1.00 e. The molecule has 2 aromatic rings. The molecule has 0 amide bonds. The van der Waals surface area contributed by atoms with E-state index in [0.717, 1.165) is 9.48 Å². The number of thiazole rings is 1. The third-order valence-corrected chi connectivity index (χ3v) is 3.74. The molecule has 0 fully saturated rings. The van der Waals surface area contributed by atoms with Crippen molar-refractivity contribution in [3.8, 4) is 0 Å². The first-order chi connectivity index (χ1) is 7.27. The van der Waals surface area contributed by atoms with Crippen LogP contribution in [0.4, 0.5) is 0 Å². The summed E-state index contributed by atoms with van der Waals surface area (Å²) < 4.78 is 2.85. The molecule has 0 radical (unpaired) electrons. The van der Waals surface area contributed by atoms with Gasteiger partial charge in [-0.15, -0.1) is 0 Å². The summed E-state index contributed by atoms with van der Waals surface area (Å²) in [5.41, 5.74) is 0.753. The molecule has 0 aliphatic rings. The second kappa shape index (κ2) is 6.27.